The Morgan fingerprint density at radius 1 is 1.43 bits per heavy atom. The van der Waals surface area contributed by atoms with Crippen LogP contribution >= 0.6 is 0 Å². The molecule has 0 fully saturated rings. The van der Waals surface area contributed by atoms with Crippen LogP contribution in [0.25, 0.3) is 0 Å². The Labute approximate surface area is 79.0 Å². The topological polar surface area (TPSA) is 52.9 Å². The molecule has 0 atom stereocenters. The third-order valence-electron chi connectivity index (χ3n) is 1.52. The first kappa shape index (κ1) is 10.1. The number of carbonyl (C=O) groups is 1. The van der Waals surface area contributed by atoms with Crippen LogP contribution in [0.5, 0.6) is 0 Å². The predicted molar refractivity (Wildman–Crippen MR) is 44.3 cm³/mol. The lowest BCUT2D eigenvalue weighted by atomic mass is 10.2. The van der Waals surface area contributed by atoms with E-state index in [-0.39, 0.29) is 6.54 Å². The highest BCUT2D eigenvalue weighted by Crippen LogP contribution is 2.11. The number of rotatable bonds is 2. The molecular weight excluding hydrogens is 190 g/mol. The number of nitriles is 1. The summed E-state index contributed by atoms with van der Waals surface area (Å²) in [5.74, 6) is -2.82. The van der Waals surface area contributed by atoms with Gasteiger partial charge >= 0.3 is 0 Å². The number of hydrogen-bond acceptors (Lipinski definition) is 2. The Hall–Kier alpha value is -1.96. The first-order chi connectivity index (χ1) is 6.66. The molecule has 0 aliphatic rings. The molecule has 1 rings (SSSR count). The fourth-order valence-electron chi connectivity index (χ4n) is 0.923. The highest BCUT2D eigenvalue weighted by Gasteiger charge is 2.15. The molecule has 0 radical (unpaired) electrons. The molecule has 72 valence electrons. The number of nitrogens with zero attached hydrogens (tertiary/aromatic N) is 1. The molecule has 0 aliphatic heterocycles. The first-order valence-electron chi connectivity index (χ1n) is 3.76. The Balaban J connectivity index is 2.95. The fourth-order valence-corrected chi connectivity index (χ4v) is 0.923. The molecule has 1 amide bonds. The third kappa shape index (κ3) is 2.04. The Morgan fingerprint density at radius 2 is 2.00 bits per heavy atom. The lowest BCUT2D eigenvalue weighted by Gasteiger charge is -2.03. The molecule has 5 heteroatoms. The molecule has 0 aliphatic carbocycles. The Kier molecular flexibility index (Phi) is 3.13. The van der Waals surface area contributed by atoms with Crippen molar-refractivity contribution in [1.82, 2.24) is 5.32 Å². The average Bonchev–Trinajstić information content (AvgIpc) is 2.14. The fraction of sp³-hybridized carbons (Fsp3) is 0.111. The predicted octanol–water partition coefficient (Wildman–Crippen LogP) is 1.22. The molecule has 3 nitrogen and oxygen atoms in total. The molecule has 1 aromatic rings. The van der Waals surface area contributed by atoms with Gasteiger partial charge in [-0.25, -0.2) is 8.78 Å². The van der Waals surface area contributed by atoms with Gasteiger partial charge < -0.3 is 5.32 Å². The van der Waals surface area contributed by atoms with E-state index in [1.54, 1.807) is 6.07 Å². The van der Waals surface area contributed by atoms with Gasteiger partial charge in [-0.3, -0.25) is 4.79 Å². The van der Waals surface area contributed by atoms with E-state index < -0.39 is 23.1 Å². The van der Waals surface area contributed by atoms with Crippen LogP contribution in [-0.2, 0) is 0 Å². The monoisotopic (exact) mass is 196 g/mol. The van der Waals surface area contributed by atoms with Crippen LogP contribution in [-0.4, -0.2) is 12.5 Å². The van der Waals surface area contributed by atoms with Crippen LogP contribution in [0.3, 0.4) is 0 Å². The third-order valence-corrected chi connectivity index (χ3v) is 1.52. The van der Waals surface area contributed by atoms with E-state index in [2.05, 4.69) is 5.32 Å². The summed E-state index contributed by atoms with van der Waals surface area (Å²) in [6.45, 7) is -0.285. The number of carbonyl (C=O) groups excluding carboxylic acids is 1. The zero-order valence-corrected chi connectivity index (χ0v) is 7.05. The average molecular weight is 196 g/mol. The molecule has 0 aromatic heterocycles. The van der Waals surface area contributed by atoms with Gasteiger partial charge in [-0.2, -0.15) is 5.26 Å². The van der Waals surface area contributed by atoms with E-state index >= 15 is 0 Å². The van der Waals surface area contributed by atoms with Crippen molar-refractivity contribution in [3.05, 3.63) is 35.4 Å². The van der Waals surface area contributed by atoms with Crippen molar-refractivity contribution >= 4 is 5.91 Å². The van der Waals surface area contributed by atoms with Gasteiger partial charge in [0, 0.05) is 0 Å². The van der Waals surface area contributed by atoms with Crippen molar-refractivity contribution in [1.29, 1.82) is 5.26 Å². The van der Waals surface area contributed by atoms with Crippen LogP contribution in [0.4, 0.5) is 8.78 Å². The van der Waals surface area contributed by atoms with Crippen molar-refractivity contribution in [3.63, 3.8) is 0 Å². The minimum atomic E-state index is -0.944. The largest absolute Gasteiger partial charge is 0.339 e. The van der Waals surface area contributed by atoms with E-state index in [9.17, 15) is 13.6 Å². The van der Waals surface area contributed by atoms with Gasteiger partial charge in [0.15, 0.2) is 0 Å². The number of benzene rings is 1. The lowest BCUT2D eigenvalue weighted by molar-refractivity contribution is 0.0950. The second kappa shape index (κ2) is 4.33. The molecule has 1 N–H and O–H groups in total. The lowest BCUT2D eigenvalue weighted by Crippen LogP contribution is -2.25. The van der Waals surface area contributed by atoms with Crippen LogP contribution in [0.2, 0.25) is 0 Å². The van der Waals surface area contributed by atoms with Gasteiger partial charge in [0.2, 0.25) is 0 Å². The second-order valence-electron chi connectivity index (χ2n) is 2.44. The van der Waals surface area contributed by atoms with E-state index in [4.69, 9.17) is 5.26 Å². The van der Waals surface area contributed by atoms with E-state index in [0.717, 1.165) is 18.2 Å². The summed E-state index contributed by atoms with van der Waals surface area (Å²) in [6, 6.07) is 4.74. The maximum Gasteiger partial charge on any atom is 0.258 e. The van der Waals surface area contributed by atoms with Crippen LogP contribution in [0, 0.1) is 23.0 Å². The summed E-state index contributed by atoms with van der Waals surface area (Å²) in [5.41, 5.74) is -0.664. The van der Waals surface area contributed by atoms with Gasteiger partial charge in [-0.1, -0.05) is 6.07 Å². The van der Waals surface area contributed by atoms with Gasteiger partial charge in [-0.05, 0) is 12.1 Å². The van der Waals surface area contributed by atoms with Gasteiger partial charge in [-0.15, -0.1) is 0 Å². The molecule has 1 aromatic carbocycles. The molecule has 0 saturated heterocycles. The summed E-state index contributed by atoms with van der Waals surface area (Å²) in [5, 5.41) is 10.2. The molecular formula is C9H6F2N2O. The van der Waals surface area contributed by atoms with Crippen molar-refractivity contribution in [2.24, 2.45) is 0 Å². The second-order valence-corrected chi connectivity index (χ2v) is 2.44. The highest BCUT2D eigenvalue weighted by atomic mass is 19.1. The molecule has 0 spiro atoms. The maximum atomic E-state index is 12.9. The number of nitrogens with one attached hydrogen (secondary N) is 1. The smallest absolute Gasteiger partial charge is 0.258 e. The Bertz CT molecular complexity index is 378. The number of amides is 1. The van der Waals surface area contributed by atoms with Gasteiger partial charge in [0.05, 0.1) is 6.07 Å². The number of hydrogen-bond donors (Lipinski definition) is 1. The van der Waals surface area contributed by atoms with Crippen molar-refractivity contribution < 1.29 is 13.6 Å². The molecule has 14 heavy (non-hydrogen) atoms. The summed E-state index contributed by atoms with van der Waals surface area (Å²) in [6.07, 6.45) is 0. The quantitative estimate of drug-likeness (QED) is 0.723. The maximum absolute atomic E-state index is 12.9. The molecule has 0 saturated carbocycles. The number of halogens is 2. The molecule has 0 heterocycles. The zero-order valence-electron chi connectivity index (χ0n) is 7.05. The van der Waals surface area contributed by atoms with Crippen LogP contribution < -0.4 is 5.32 Å². The standard InChI is InChI=1S/C9H6F2N2O/c10-6-2-1-3-7(11)8(6)9(14)13-5-4-12/h1-3H,5H2,(H,13,14). The SMILES string of the molecule is N#CCNC(=O)c1c(F)cccc1F. The Morgan fingerprint density at radius 3 is 2.50 bits per heavy atom. The van der Waals surface area contributed by atoms with E-state index in [1.165, 1.54) is 0 Å². The van der Waals surface area contributed by atoms with Crippen molar-refractivity contribution in [2.75, 3.05) is 6.54 Å². The minimum Gasteiger partial charge on any atom is -0.339 e. The van der Waals surface area contributed by atoms with Crippen LogP contribution in [0.15, 0.2) is 18.2 Å². The van der Waals surface area contributed by atoms with E-state index in [0.29, 0.717) is 0 Å². The molecule has 0 bridgehead atoms. The van der Waals surface area contributed by atoms with Crippen molar-refractivity contribution in [2.45, 2.75) is 0 Å². The highest BCUT2D eigenvalue weighted by molar-refractivity contribution is 5.94. The minimum absolute atomic E-state index is 0.285. The summed E-state index contributed by atoms with van der Waals surface area (Å²) >= 11 is 0. The zero-order chi connectivity index (χ0) is 10.6. The van der Waals surface area contributed by atoms with Gasteiger partial charge in [0.25, 0.3) is 5.91 Å². The first-order valence-corrected chi connectivity index (χ1v) is 3.76. The summed E-state index contributed by atoms with van der Waals surface area (Å²) in [7, 11) is 0. The summed E-state index contributed by atoms with van der Waals surface area (Å²) in [4.78, 5) is 11.1. The summed E-state index contributed by atoms with van der Waals surface area (Å²) < 4.78 is 25.9. The van der Waals surface area contributed by atoms with E-state index in [1.807, 2.05) is 0 Å². The normalized spacial score (nSPS) is 9.21. The molecule has 0 unspecified atom stereocenters. The van der Waals surface area contributed by atoms with Gasteiger partial charge in [0.1, 0.15) is 23.7 Å². The van der Waals surface area contributed by atoms with Crippen LogP contribution in [0.1, 0.15) is 10.4 Å². The van der Waals surface area contributed by atoms with Crippen molar-refractivity contribution in [3.8, 4) is 6.07 Å².